The van der Waals surface area contributed by atoms with Gasteiger partial charge in [-0.2, -0.15) is 0 Å². The fourth-order valence-corrected chi connectivity index (χ4v) is 6.68. The van der Waals surface area contributed by atoms with E-state index in [1.165, 1.54) is 23.5 Å². The number of carbonyl (C=O) groups is 1. The van der Waals surface area contributed by atoms with E-state index in [0.717, 1.165) is 26.9 Å². The smallest absolute Gasteiger partial charge is 0.257 e. The molecule has 2 aromatic carbocycles. The molecule has 8 nitrogen and oxygen atoms in total. The van der Waals surface area contributed by atoms with Crippen LogP contribution >= 0.6 is 23.5 Å². The topological polar surface area (TPSA) is 105 Å². The zero-order valence-corrected chi connectivity index (χ0v) is 20.2. The molecule has 0 fully saturated rings. The fourth-order valence-electron chi connectivity index (χ4n) is 3.53. The molecular formula is C22H19N5O3S3. The number of fused-ring (bicyclic) bond motifs is 3. The van der Waals surface area contributed by atoms with Gasteiger partial charge in [-0.3, -0.25) is 4.79 Å². The van der Waals surface area contributed by atoms with Gasteiger partial charge in [-0.05, 0) is 85.9 Å². The van der Waals surface area contributed by atoms with Gasteiger partial charge >= 0.3 is 0 Å². The number of hydrogen-bond donors (Lipinski definition) is 1. The van der Waals surface area contributed by atoms with E-state index in [1.54, 1.807) is 12.1 Å². The summed E-state index contributed by atoms with van der Waals surface area (Å²) in [7, 11) is -3.41. The largest absolute Gasteiger partial charge is 0.322 e. The molecule has 5 rings (SSSR count). The molecule has 2 aliphatic heterocycles. The predicted molar refractivity (Wildman–Crippen MR) is 131 cm³/mol. The van der Waals surface area contributed by atoms with Crippen LogP contribution in [-0.4, -0.2) is 41.8 Å². The average Bonchev–Trinajstić information content (AvgIpc) is 3.09. The van der Waals surface area contributed by atoms with E-state index in [-0.39, 0.29) is 11.7 Å². The van der Waals surface area contributed by atoms with Crippen LogP contribution in [0.15, 0.2) is 67.9 Å². The molecule has 0 aliphatic carbocycles. The Morgan fingerprint density at radius 3 is 2.52 bits per heavy atom. The third kappa shape index (κ3) is 4.75. The number of thioether (sulfide) groups is 1. The van der Waals surface area contributed by atoms with Crippen LogP contribution in [0.2, 0.25) is 0 Å². The number of rotatable bonds is 4. The maximum atomic E-state index is 12.8. The number of carbonyl (C=O) groups excluding carboxylic acids is 1. The van der Waals surface area contributed by atoms with Crippen LogP contribution < -0.4 is 10.2 Å². The maximum Gasteiger partial charge on any atom is 0.257 e. The van der Waals surface area contributed by atoms with Crippen molar-refractivity contribution >= 4 is 56.0 Å². The summed E-state index contributed by atoms with van der Waals surface area (Å²) in [6.45, 7) is 4.25. The Labute approximate surface area is 200 Å². The summed E-state index contributed by atoms with van der Waals surface area (Å²) in [5.41, 5.74) is 3.89. The minimum Gasteiger partial charge on any atom is -0.322 e. The molecule has 168 valence electrons. The van der Waals surface area contributed by atoms with Crippen LogP contribution in [0.4, 0.5) is 11.4 Å². The monoisotopic (exact) mass is 497 g/mol. The highest BCUT2D eigenvalue weighted by atomic mass is 32.2. The van der Waals surface area contributed by atoms with Crippen LogP contribution in [0.3, 0.4) is 0 Å². The van der Waals surface area contributed by atoms with Gasteiger partial charge in [-0.25, -0.2) is 18.4 Å². The van der Waals surface area contributed by atoms with Gasteiger partial charge in [0.25, 0.3) is 15.9 Å². The summed E-state index contributed by atoms with van der Waals surface area (Å²) in [4.78, 5) is 25.3. The molecule has 11 heteroatoms. The van der Waals surface area contributed by atoms with E-state index >= 15 is 0 Å². The highest BCUT2D eigenvalue weighted by Gasteiger charge is 2.33. The van der Waals surface area contributed by atoms with Gasteiger partial charge < -0.3 is 10.2 Å². The Kier molecular flexibility index (Phi) is 5.63. The maximum absolute atomic E-state index is 12.8. The van der Waals surface area contributed by atoms with Crippen LogP contribution in [0.5, 0.6) is 0 Å². The Morgan fingerprint density at radius 1 is 1.06 bits per heavy atom. The van der Waals surface area contributed by atoms with Gasteiger partial charge in [0.15, 0.2) is 10.3 Å². The van der Waals surface area contributed by atoms with Crippen LogP contribution in [0.25, 0.3) is 0 Å². The summed E-state index contributed by atoms with van der Waals surface area (Å²) in [6, 6.07) is 14.8. The Balaban J connectivity index is 1.28. The van der Waals surface area contributed by atoms with Gasteiger partial charge in [-0.1, -0.05) is 0 Å². The number of hydrogen-bond acceptors (Lipinski definition) is 8. The first-order valence-corrected chi connectivity index (χ1v) is 13.3. The Hall–Kier alpha value is -2.89. The second-order valence-corrected chi connectivity index (χ2v) is 11.4. The van der Waals surface area contributed by atoms with E-state index in [9.17, 15) is 13.2 Å². The van der Waals surface area contributed by atoms with Gasteiger partial charge in [-0.15, -0.1) is 4.40 Å². The summed E-state index contributed by atoms with van der Waals surface area (Å²) >= 11 is 2.73. The summed E-state index contributed by atoms with van der Waals surface area (Å²) in [5.74, 6) is -0.251. The molecule has 1 N–H and O–H groups in total. The van der Waals surface area contributed by atoms with Gasteiger partial charge in [0, 0.05) is 39.0 Å². The van der Waals surface area contributed by atoms with Crippen LogP contribution in [0, 0.1) is 13.8 Å². The standard InChI is InChI=1S/C22H19N5O3S3/c1-13-11-14(2)24-21(23-13)31-17-6-4-16(5-7-17)25-20(28)15-3-8-18-19(12-15)32-22-26-33(29,30)10-9-27(18)22/h3-8,11-12H,9-10H2,1-2H3,(H,25,28). The molecule has 3 heterocycles. The minimum absolute atomic E-state index is 0.0113. The third-order valence-corrected chi connectivity index (χ3v) is 8.20. The number of amides is 1. The summed E-state index contributed by atoms with van der Waals surface area (Å²) in [5, 5.41) is 4.03. The van der Waals surface area contributed by atoms with Crippen molar-refractivity contribution in [1.82, 2.24) is 9.97 Å². The quantitative estimate of drug-likeness (QED) is 0.537. The zero-order chi connectivity index (χ0) is 23.2. The zero-order valence-electron chi connectivity index (χ0n) is 17.8. The number of aryl methyl sites for hydroxylation is 2. The number of anilines is 2. The lowest BCUT2D eigenvalue weighted by Crippen LogP contribution is -2.35. The van der Waals surface area contributed by atoms with Gasteiger partial charge in [0.1, 0.15) is 0 Å². The van der Waals surface area contributed by atoms with Crippen molar-refractivity contribution in [2.24, 2.45) is 4.40 Å². The number of nitrogens with zero attached hydrogens (tertiary/aromatic N) is 4. The van der Waals surface area contributed by atoms with E-state index in [2.05, 4.69) is 19.7 Å². The third-order valence-electron chi connectivity index (χ3n) is 5.02. The van der Waals surface area contributed by atoms with Gasteiger partial charge in [0.2, 0.25) is 0 Å². The van der Waals surface area contributed by atoms with Crippen LogP contribution in [0.1, 0.15) is 21.7 Å². The minimum atomic E-state index is -3.41. The van der Waals surface area contributed by atoms with Crippen molar-refractivity contribution < 1.29 is 13.2 Å². The van der Waals surface area contributed by atoms with Gasteiger partial charge in [0.05, 0.1) is 11.4 Å². The highest BCUT2D eigenvalue weighted by Crippen LogP contribution is 2.42. The van der Waals surface area contributed by atoms with Crippen molar-refractivity contribution in [3.05, 3.63) is 65.5 Å². The second kappa shape index (κ2) is 8.47. The first-order valence-electron chi connectivity index (χ1n) is 10.1. The van der Waals surface area contributed by atoms with Crippen molar-refractivity contribution in [2.45, 2.75) is 28.8 Å². The highest BCUT2D eigenvalue weighted by molar-refractivity contribution is 8.15. The first kappa shape index (κ1) is 21.9. The second-order valence-electron chi connectivity index (χ2n) is 7.61. The molecule has 33 heavy (non-hydrogen) atoms. The SMILES string of the molecule is Cc1cc(C)nc(Sc2ccc(NC(=O)c3ccc4c(c3)SC3=NS(=O)(=O)CCN34)cc2)n1. The van der Waals surface area contributed by atoms with Crippen molar-refractivity contribution in [2.75, 3.05) is 22.5 Å². The average molecular weight is 498 g/mol. The van der Waals surface area contributed by atoms with Crippen molar-refractivity contribution in [3.63, 3.8) is 0 Å². The fraction of sp³-hybridized carbons (Fsp3) is 0.182. The Bertz CT molecular complexity index is 1390. The molecule has 0 atom stereocenters. The molecule has 1 amide bonds. The number of sulfonamides is 1. The summed E-state index contributed by atoms with van der Waals surface area (Å²) < 4.78 is 27.4. The van der Waals surface area contributed by atoms with E-state index < -0.39 is 10.0 Å². The first-order chi connectivity index (χ1) is 15.8. The molecule has 0 saturated heterocycles. The molecule has 0 spiro atoms. The molecule has 3 aromatic rings. The molecular weight excluding hydrogens is 478 g/mol. The number of aromatic nitrogens is 2. The van der Waals surface area contributed by atoms with Crippen molar-refractivity contribution in [3.8, 4) is 0 Å². The molecule has 0 bridgehead atoms. The van der Waals surface area contributed by atoms with E-state index in [0.29, 0.717) is 28.1 Å². The summed E-state index contributed by atoms with van der Waals surface area (Å²) in [6.07, 6.45) is 0. The predicted octanol–water partition coefficient (Wildman–Crippen LogP) is 4.11. The van der Waals surface area contributed by atoms with Crippen LogP contribution in [-0.2, 0) is 10.0 Å². The molecule has 0 radical (unpaired) electrons. The lowest BCUT2D eigenvalue weighted by Gasteiger charge is -2.22. The lowest BCUT2D eigenvalue weighted by atomic mass is 10.1. The Morgan fingerprint density at radius 2 is 1.79 bits per heavy atom. The number of amidine groups is 1. The molecule has 0 saturated carbocycles. The van der Waals surface area contributed by atoms with E-state index in [4.69, 9.17) is 0 Å². The lowest BCUT2D eigenvalue weighted by molar-refractivity contribution is 0.102. The molecule has 1 aromatic heterocycles. The molecule has 0 unspecified atom stereocenters. The van der Waals surface area contributed by atoms with Crippen molar-refractivity contribution in [1.29, 1.82) is 0 Å². The van der Waals surface area contributed by atoms with E-state index in [1.807, 2.05) is 55.1 Å². The normalized spacial score (nSPS) is 16.1. The number of nitrogens with one attached hydrogen (secondary N) is 1. The number of benzene rings is 2. The molecule has 2 aliphatic rings.